The first-order valence-corrected chi connectivity index (χ1v) is 7.70. The molecule has 1 saturated heterocycles. The van der Waals surface area contributed by atoms with Gasteiger partial charge in [-0.1, -0.05) is 18.7 Å². The first-order chi connectivity index (χ1) is 10.1. The van der Waals surface area contributed by atoms with Gasteiger partial charge in [-0.25, -0.2) is 4.39 Å². The standard InChI is InChI=1S/C15H17FN2O2S/c1-2-14(19)18-7-8-21-13(10-18)15(20)17-9-11-3-5-12(16)6-4-11/h2-6,13H,1,7-10H2,(H,17,20). The molecule has 21 heavy (non-hydrogen) atoms. The molecule has 1 aromatic rings. The van der Waals surface area contributed by atoms with Crippen LogP contribution in [0.4, 0.5) is 4.39 Å². The second-order valence-electron chi connectivity index (χ2n) is 4.69. The fourth-order valence-electron chi connectivity index (χ4n) is 2.04. The molecule has 0 aromatic heterocycles. The fraction of sp³-hybridized carbons (Fsp3) is 0.333. The molecule has 1 N–H and O–H groups in total. The number of nitrogens with one attached hydrogen (secondary N) is 1. The highest BCUT2D eigenvalue weighted by Crippen LogP contribution is 2.19. The number of rotatable bonds is 4. The topological polar surface area (TPSA) is 49.4 Å². The van der Waals surface area contributed by atoms with Gasteiger partial charge >= 0.3 is 0 Å². The number of hydrogen-bond acceptors (Lipinski definition) is 3. The second-order valence-corrected chi connectivity index (χ2v) is 6.00. The summed E-state index contributed by atoms with van der Waals surface area (Å²) in [7, 11) is 0. The predicted octanol–water partition coefficient (Wildman–Crippen LogP) is 1.57. The summed E-state index contributed by atoms with van der Waals surface area (Å²) in [5, 5.41) is 2.54. The highest BCUT2D eigenvalue weighted by Gasteiger charge is 2.27. The van der Waals surface area contributed by atoms with Gasteiger partial charge in [-0.2, -0.15) is 0 Å². The normalized spacial score (nSPS) is 18.1. The molecule has 0 spiro atoms. The minimum Gasteiger partial charge on any atom is -0.351 e. The molecule has 112 valence electrons. The lowest BCUT2D eigenvalue weighted by Gasteiger charge is -2.30. The maximum atomic E-state index is 12.8. The molecule has 4 nitrogen and oxygen atoms in total. The van der Waals surface area contributed by atoms with Gasteiger partial charge in [-0.05, 0) is 23.8 Å². The molecule has 0 aliphatic carbocycles. The summed E-state index contributed by atoms with van der Waals surface area (Å²) in [5.74, 6) is 0.179. The summed E-state index contributed by atoms with van der Waals surface area (Å²) >= 11 is 1.54. The molecule has 1 fully saturated rings. The average molecular weight is 308 g/mol. The van der Waals surface area contributed by atoms with Gasteiger partial charge in [0.15, 0.2) is 0 Å². The van der Waals surface area contributed by atoms with E-state index in [1.807, 2.05) is 0 Å². The van der Waals surface area contributed by atoms with Gasteiger partial charge in [-0.15, -0.1) is 11.8 Å². The summed E-state index contributed by atoms with van der Waals surface area (Å²) in [5.41, 5.74) is 0.838. The zero-order chi connectivity index (χ0) is 15.2. The molecule has 0 bridgehead atoms. The Labute approximate surface area is 127 Å². The van der Waals surface area contributed by atoms with E-state index in [2.05, 4.69) is 11.9 Å². The third-order valence-electron chi connectivity index (χ3n) is 3.23. The van der Waals surface area contributed by atoms with Crippen molar-refractivity contribution in [3.05, 3.63) is 48.3 Å². The highest BCUT2D eigenvalue weighted by molar-refractivity contribution is 8.00. The second kappa shape index (κ2) is 7.26. The Kier molecular flexibility index (Phi) is 5.38. The number of halogens is 1. The van der Waals surface area contributed by atoms with Gasteiger partial charge in [0, 0.05) is 25.4 Å². The van der Waals surface area contributed by atoms with E-state index in [1.165, 1.54) is 18.2 Å². The predicted molar refractivity (Wildman–Crippen MR) is 81.3 cm³/mol. The van der Waals surface area contributed by atoms with Crippen LogP contribution in [0.3, 0.4) is 0 Å². The molecule has 2 rings (SSSR count). The van der Waals surface area contributed by atoms with Gasteiger partial charge < -0.3 is 10.2 Å². The summed E-state index contributed by atoms with van der Waals surface area (Å²) in [6, 6.07) is 6.00. The van der Waals surface area contributed by atoms with Crippen LogP contribution < -0.4 is 5.32 Å². The van der Waals surface area contributed by atoms with Gasteiger partial charge in [-0.3, -0.25) is 9.59 Å². The SMILES string of the molecule is C=CC(=O)N1CCSC(C(=O)NCc2ccc(F)cc2)C1. The molecule has 6 heteroatoms. The van der Waals surface area contributed by atoms with E-state index < -0.39 is 0 Å². The fourth-order valence-corrected chi connectivity index (χ4v) is 3.17. The van der Waals surface area contributed by atoms with Crippen LogP contribution in [0.5, 0.6) is 0 Å². The highest BCUT2D eigenvalue weighted by atomic mass is 32.2. The van der Waals surface area contributed by atoms with Crippen LogP contribution in [-0.2, 0) is 16.1 Å². The molecule has 1 aromatic carbocycles. The summed E-state index contributed by atoms with van der Waals surface area (Å²) in [6.45, 7) is 4.84. The Balaban J connectivity index is 1.86. The van der Waals surface area contributed by atoms with Crippen molar-refractivity contribution >= 4 is 23.6 Å². The minimum absolute atomic E-state index is 0.106. The molecule has 2 amide bonds. The van der Waals surface area contributed by atoms with Gasteiger partial charge in [0.25, 0.3) is 0 Å². The number of thioether (sulfide) groups is 1. The van der Waals surface area contributed by atoms with Crippen LogP contribution >= 0.6 is 11.8 Å². The quantitative estimate of drug-likeness (QED) is 0.859. The summed E-state index contributed by atoms with van der Waals surface area (Å²) in [4.78, 5) is 25.3. The zero-order valence-electron chi connectivity index (χ0n) is 11.5. The van der Waals surface area contributed by atoms with Crippen molar-refractivity contribution in [3.63, 3.8) is 0 Å². The Morgan fingerprint density at radius 2 is 2.14 bits per heavy atom. The van der Waals surface area contributed by atoms with E-state index in [1.54, 1.807) is 28.8 Å². The molecule has 0 radical (unpaired) electrons. The van der Waals surface area contributed by atoms with Crippen LogP contribution in [0, 0.1) is 5.82 Å². The lowest BCUT2D eigenvalue weighted by molar-refractivity contribution is -0.127. The maximum absolute atomic E-state index is 12.8. The maximum Gasteiger partial charge on any atom is 0.246 e. The lowest BCUT2D eigenvalue weighted by Crippen LogP contribution is -2.47. The van der Waals surface area contributed by atoms with Crippen molar-refractivity contribution in [3.8, 4) is 0 Å². The van der Waals surface area contributed by atoms with E-state index in [0.717, 1.165) is 11.3 Å². The lowest BCUT2D eigenvalue weighted by atomic mass is 10.2. The third kappa shape index (κ3) is 4.32. The van der Waals surface area contributed by atoms with E-state index in [0.29, 0.717) is 19.6 Å². The zero-order valence-corrected chi connectivity index (χ0v) is 12.4. The van der Waals surface area contributed by atoms with Crippen LogP contribution in [0.2, 0.25) is 0 Å². The van der Waals surface area contributed by atoms with Crippen molar-refractivity contribution in [2.75, 3.05) is 18.8 Å². The molecule has 1 heterocycles. The number of nitrogens with zero attached hydrogens (tertiary/aromatic N) is 1. The average Bonchev–Trinajstić information content (AvgIpc) is 2.53. The van der Waals surface area contributed by atoms with Crippen molar-refractivity contribution in [1.82, 2.24) is 10.2 Å². The largest absolute Gasteiger partial charge is 0.351 e. The van der Waals surface area contributed by atoms with Crippen molar-refractivity contribution in [1.29, 1.82) is 0 Å². The van der Waals surface area contributed by atoms with E-state index >= 15 is 0 Å². The number of hydrogen-bond donors (Lipinski definition) is 1. The number of carbonyl (C=O) groups excluding carboxylic acids is 2. The van der Waals surface area contributed by atoms with Crippen LogP contribution in [-0.4, -0.2) is 40.8 Å². The van der Waals surface area contributed by atoms with E-state index in [9.17, 15) is 14.0 Å². The molecular formula is C15H17FN2O2S. The summed E-state index contributed by atoms with van der Waals surface area (Å²) in [6.07, 6.45) is 1.27. The van der Waals surface area contributed by atoms with Crippen molar-refractivity contribution in [2.24, 2.45) is 0 Å². The Bertz CT molecular complexity index is 533. The van der Waals surface area contributed by atoms with Gasteiger partial charge in [0.2, 0.25) is 11.8 Å². The third-order valence-corrected chi connectivity index (χ3v) is 4.41. The first kappa shape index (κ1) is 15.6. The molecule has 1 aliphatic heterocycles. The van der Waals surface area contributed by atoms with Crippen molar-refractivity contribution in [2.45, 2.75) is 11.8 Å². The molecule has 1 atom stereocenters. The smallest absolute Gasteiger partial charge is 0.246 e. The summed E-state index contributed by atoms with van der Waals surface area (Å²) < 4.78 is 12.8. The number of benzene rings is 1. The van der Waals surface area contributed by atoms with E-state index in [-0.39, 0.29) is 22.9 Å². The number of carbonyl (C=O) groups is 2. The van der Waals surface area contributed by atoms with E-state index in [4.69, 9.17) is 0 Å². The molecule has 0 saturated carbocycles. The molecular weight excluding hydrogens is 291 g/mol. The Morgan fingerprint density at radius 3 is 2.81 bits per heavy atom. The van der Waals surface area contributed by atoms with Crippen LogP contribution in [0.25, 0.3) is 0 Å². The Hall–Kier alpha value is -1.82. The monoisotopic (exact) mass is 308 g/mol. The van der Waals surface area contributed by atoms with Crippen LogP contribution in [0.1, 0.15) is 5.56 Å². The number of amides is 2. The molecule has 1 unspecified atom stereocenters. The van der Waals surface area contributed by atoms with Crippen LogP contribution in [0.15, 0.2) is 36.9 Å². The van der Waals surface area contributed by atoms with Gasteiger partial charge in [0.05, 0.1) is 0 Å². The minimum atomic E-state index is -0.300. The first-order valence-electron chi connectivity index (χ1n) is 6.65. The Morgan fingerprint density at radius 1 is 1.43 bits per heavy atom. The van der Waals surface area contributed by atoms with Gasteiger partial charge in [0.1, 0.15) is 11.1 Å². The van der Waals surface area contributed by atoms with Crippen molar-refractivity contribution < 1.29 is 14.0 Å². The molecule has 1 aliphatic rings.